The van der Waals surface area contributed by atoms with E-state index in [0.29, 0.717) is 15.9 Å². The van der Waals surface area contributed by atoms with Gasteiger partial charge < -0.3 is 4.74 Å². The lowest BCUT2D eigenvalue weighted by molar-refractivity contribution is 0.0108. The third kappa shape index (κ3) is 2.94. The minimum Gasteiger partial charge on any atom is -0.377 e. The number of hydrogen-bond acceptors (Lipinski definition) is 1. The van der Waals surface area contributed by atoms with Crippen molar-refractivity contribution in [1.29, 1.82) is 0 Å². The average Bonchev–Trinajstić information content (AvgIpc) is 2.30. The largest absolute Gasteiger partial charge is 0.377 e. The van der Waals surface area contributed by atoms with Crippen LogP contribution in [0.1, 0.15) is 31.2 Å². The van der Waals surface area contributed by atoms with E-state index in [1.807, 2.05) is 0 Å². The number of ether oxygens (including phenoxy) is 1. The molecule has 1 aromatic rings. The summed E-state index contributed by atoms with van der Waals surface area (Å²) in [5.74, 6) is 0.696. The van der Waals surface area contributed by atoms with Gasteiger partial charge in [0.15, 0.2) is 0 Å². The molecule has 1 heterocycles. The lowest BCUT2D eigenvalue weighted by Gasteiger charge is -2.31. The molecule has 1 nitrogen and oxygen atoms in total. The fourth-order valence-corrected chi connectivity index (χ4v) is 2.68. The molecule has 0 spiro atoms. The van der Waals surface area contributed by atoms with Crippen LogP contribution in [0.2, 0.25) is 0 Å². The SMILES string of the molecule is C[C@@H](I)[C@@H]1C[C@H](c2ccccc2)CCO1. The van der Waals surface area contributed by atoms with Gasteiger partial charge >= 0.3 is 0 Å². The molecule has 2 rings (SSSR count). The fraction of sp³-hybridized carbons (Fsp3) is 0.538. The van der Waals surface area contributed by atoms with Gasteiger partial charge in [-0.05, 0) is 24.3 Å². The van der Waals surface area contributed by atoms with Crippen molar-refractivity contribution >= 4 is 22.6 Å². The van der Waals surface area contributed by atoms with Crippen LogP contribution in [-0.4, -0.2) is 16.6 Å². The summed E-state index contributed by atoms with van der Waals surface area (Å²) in [6.45, 7) is 3.15. The van der Waals surface area contributed by atoms with E-state index in [1.165, 1.54) is 18.4 Å². The van der Waals surface area contributed by atoms with Gasteiger partial charge in [0.05, 0.1) is 6.10 Å². The topological polar surface area (TPSA) is 9.23 Å². The Morgan fingerprint density at radius 3 is 2.73 bits per heavy atom. The number of alkyl halides is 1. The molecule has 0 saturated carbocycles. The van der Waals surface area contributed by atoms with Gasteiger partial charge in [-0.2, -0.15) is 0 Å². The fourth-order valence-electron chi connectivity index (χ4n) is 2.18. The second-order valence-electron chi connectivity index (χ2n) is 4.22. The first kappa shape index (κ1) is 11.4. The molecule has 3 atom stereocenters. The van der Waals surface area contributed by atoms with Crippen LogP contribution in [0.15, 0.2) is 30.3 Å². The molecule has 0 unspecified atom stereocenters. The first-order chi connectivity index (χ1) is 7.27. The minimum absolute atomic E-state index is 0.435. The van der Waals surface area contributed by atoms with E-state index < -0.39 is 0 Å². The number of benzene rings is 1. The highest BCUT2D eigenvalue weighted by molar-refractivity contribution is 14.1. The first-order valence-electron chi connectivity index (χ1n) is 5.58. The Balaban J connectivity index is 2.05. The van der Waals surface area contributed by atoms with Gasteiger partial charge in [0, 0.05) is 10.5 Å². The highest BCUT2D eigenvalue weighted by Crippen LogP contribution is 2.32. The summed E-state index contributed by atoms with van der Waals surface area (Å²) in [4.78, 5) is 0. The van der Waals surface area contributed by atoms with Crippen molar-refractivity contribution < 1.29 is 4.74 Å². The van der Waals surface area contributed by atoms with Crippen molar-refractivity contribution in [3.8, 4) is 0 Å². The van der Waals surface area contributed by atoms with Crippen LogP contribution in [0.5, 0.6) is 0 Å². The predicted octanol–water partition coefficient (Wildman–Crippen LogP) is 3.77. The van der Waals surface area contributed by atoms with E-state index in [-0.39, 0.29) is 0 Å². The smallest absolute Gasteiger partial charge is 0.0695 e. The Morgan fingerprint density at radius 2 is 2.07 bits per heavy atom. The molecule has 15 heavy (non-hydrogen) atoms. The summed E-state index contributed by atoms with van der Waals surface area (Å²) < 4.78 is 6.39. The van der Waals surface area contributed by atoms with Crippen molar-refractivity contribution in [2.75, 3.05) is 6.61 Å². The zero-order chi connectivity index (χ0) is 10.7. The number of rotatable bonds is 2. The third-order valence-electron chi connectivity index (χ3n) is 3.10. The highest BCUT2D eigenvalue weighted by atomic mass is 127. The summed E-state index contributed by atoms with van der Waals surface area (Å²) in [5, 5.41) is 0. The summed E-state index contributed by atoms with van der Waals surface area (Å²) in [6, 6.07) is 10.8. The van der Waals surface area contributed by atoms with E-state index in [2.05, 4.69) is 59.8 Å². The van der Waals surface area contributed by atoms with Crippen LogP contribution >= 0.6 is 22.6 Å². The van der Waals surface area contributed by atoms with E-state index in [0.717, 1.165) is 6.61 Å². The second kappa shape index (κ2) is 5.30. The van der Waals surface area contributed by atoms with Crippen LogP contribution < -0.4 is 0 Å². The molecule has 0 amide bonds. The van der Waals surface area contributed by atoms with Gasteiger partial charge in [-0.15, -0.1) is 0 Å². The summed E-state index contributed by atoms with van der Waals surface area (Å²) in [6.07, 6.45) is 2.78. The Morgan fingerprint density at radius 1 is 1.33 bits per heavy atom. The average molecular weight is 316 g/mol. The molecule has 1 aliphatic rings. The van der Waals surface area contributed by atoms with E-state index in [4.69, 9.17) is 4.74 Å². The van der Waals surface area contributed by atoms with Gasteiger partial charge in [0.1, 0.15) is 0 Å². The van der Waals surface area contributed by atoms with E-state index >= 15 is 0 Å². The lowest BCUT2D eigenvalue weighted by atomic mass is 9.88. The van der Waals surface area contributed by atoms with Crippen molar-refractivity contribution in [1.82, 2.24) is 0 Å². The van der Waals surface area contributed by atoms with Crippen molar-refractivity contribution in [2.45, 2.75) is 35.7 Å². The van der Waals surface area contributed by atoms with Gasteiger partial charge in [-0.3, -0.25) is 0 Å². The van der Waals surface area contributed by atoms with Crippen LogP contribution in [0.25, 0.3) is 0 Å². The zero-order valence-electron chi connectivity index (χ0n) is 9.03. The van der Waals surface area contributed by atoms with Gasteiger partial charge in [-0.1, -0.05) is 59.8 Å². The van der Waals surface area contributed by atoms with Crippen molar-refractivity contribution in [3.05, 3.63) is 35.9 Å². The molecule has 0 radical (unpaired) electrons. The van der Waals surface area contributed by atoms with Crippen LogP contribution in [0.3, 0.4) is 0 Å². The molecule has 1 fully saturated rings. The Labute approximate surface area is 105 Å². The van der Waals surface area contributed by atoms with Crippen molar-refractivity contribution in [2.24, 2.45) is 0 Å². The van der Waals surface area contributed by atoms with Gasteiger partial charge in [0.2, 0.25) is 0 Å². The Hall–Kier alpha value is -0.0900. The molecular formula is C13H17IO. The maximum atomic E-state index is 5.78. The minimum atomic E-state index is 0.435. The molecule has 0 bridgehead atoms. The Kier molecular flexibility index (Phi) is 4.03. The summed E-state index contributed by atoms with van der Waals surface area (Å²) in [7, 11) is 0. The molecule has 82 valence electrons. The standard InChI is InChI=1S/C13H17IO/c1-10(14)13-9-12(7-8-15-13)11-5-3-2-4-6-11/h2-6,10,12-13H,7-9H2,1H3/t10-,12-,13+/m1/s1. The first-order valence-corrected chi connectivity index (χ1v) is 6.82. The van der Waals surface area contributed by atoms with Gasteiger partial charge in [0.25, 0.3) is 0 Å². The van der Waals surface area contributed by atoms with Gasteiger partial charge in [-0.25, -0.2) is 0 Å². The lowest BCUT2D eigenvalue weighted by Crippen LogP contribution is -2.30. The molecule has 0 N–H and O–H groups in total. The second-order valence-corrected chi connectivity index (χ2v) is 6.18. The molecule has 1 saturated heterocycles. The number of halogens is 1. The van der Waals surface area contributed by atoms with Crippen LogP contribution in [0.4, 0.5) is 0 Å². The highest BCUT2D eigenvalue weighted by Gasteiger charge is 2.26. The maximum absolute atomic E-state index is 5.78. The monoisotopic (exact) mass is 316 g/mol. The summed E-state index contributed by atoms with van der Waals surface area (Å²) >= 11 is 2.47. The zero-order valence-corrected chi connectivity index (χ0v) is 11.2. The van der Waals surface area contributed by atoms with Crippen LogP contribution in [0, 0.1) is 0 Å². The molecule has 0 aliphatic carbocycles. The van der Waals surface area contributed by atoms with E-state index in [9.17, 15) is 0 Å². The molecular weight excluding hydrogens is 299 g/mol. The third-order valence-corrected chi connectivity index (χ3v) is 3.90. The molecule has 0 aromatic heterocycles. The van der Waals surface area contributed by atoms with E-state index in [1.54, 1.807) is 0 Å². The normalized spacial score (nSPS) is 28.7. The molecule has 2 heteroatoms. The Bertz CT molecular complexity index is 297. The maximum Gasteiger partial charge on any atom is 0.0695 e. The molecule has 1 aliphatic heterocycles. The molecule has 1 aromatic carbocycles. The summed E-state index contributed by atoms with van der Waals surface area (Å²) in [5.41, 5.74) is 1.47. The van der Waals surface area contributed by atoms with Crippen molar-refractivity contribution in [3.63, 3.8) is 0 Å². The van der Waals surface area contributed by atoms with Crippen LogP contribution in [-0.2, 0) is 4.74 Å². The quantitative estimate of drug-likeness (QED) is 0.596. The number of hydrogen-bond donors (Lipinski definition) is 0. The predicted molar refractivity (Wildman–Crippen MR) is 71.6 cm³/mol.